The Labute approximate surface area is 184 Å². The average Bonchev–Trinajstić information content (AvgIpc) is 3.34. The molecule has 3 aromatic rings. The molecule has 0 spiro atoms. The summed E-state index contributed by atoms with van der Waals surface area (Å²) in [6.45, 7) is 4.20. The van der Waals surface area contributed by atoms with Crippen LogP contribution in [0.3, 0.4) is 0 Å². The quantitative estimate of drug-likeness (QED) is 0.567. The smallest absolute Gasteiger partial charge is 0.232 e. The molecule has 5 rings (SSSR count). The Morgan fingerprint density at radius 3 is 2.81 bits per heavy atom. The Hall–Kier alpha value is -3.25. The van der Waals surface area contributed by atoms with E-state index < -0.39 is 10.7 Å². The van der Waals surface area contributed by atoms with Gasteiger partial charge in [-0.2, -0.15) is 0 Å². The number of halogens is 1. The number of benzene rings is 2. The Kier molecular flexibility index (Phi) is 4.55. The van der Waals surface area contributed by atoms with E-state index in [-0.39, 0.29) is 12.7 Å². The molecule has 1 aliphatic heterocycles. The molecule has 2 unspecified atom stereocenters. The van der Waals surface area contributed by atoms with Crippen molar-refractivity contribution in [2.45, 2.75) is 31.6 Å². The minimum atomic E-state index is -0.867. The number of nitrogens with two attached hydrogens (primary N) is 1. The summed E-state index contributed by atoms with van der Waals surface area (Å²) in [5.41, 5.74) is 9.63. The summed E-state index contributed by atoms with van der Waals surface area (Å²) in [6, 6.07) is 13.2. The zero-order valence-corrected chi connectivity index (χ0v) is 17.9. The van der Waals surface area contributed by atoms with Crippen LogP contribution >= 0.6 is 11.6 Å². The maximum atomic E-state index is 12.6. The van der Waals surface area contributed by atoms with E-state index in [0.29, 0.717) is 29.5 Å². The van der Waals surface area contributed by atoms with Crippen LogP contribution < -0.4 is 19.9 Å². The van der Waals surface area contributed by atoms with Gasteiger partial charge in [-0.15, -0.1) is 0 Å². The molecule has 2 aliphatic rings. The molecule has 6 nitrogen and oxygen atoms in total. The molecule has 1 fully saturated rings. The summed E-state index contributed by atoms with van der Waals surface area (Å²) in [6.07, 6.45) is 2.11. The number of carbonyl (C=O) groups is 1. The first-order chi connectivity index (χ1) is 14.9. The minimum absolute atomic E-state index is 0.167. The number of aromatic nitrogens is 1. The number of anilines is 1. The van der Waals surface area contributed by atoms with Gasteiger partial charge in [-0.1, -0.05) is 18.2 Å². The Morgan fingerprint density at radius 1 is 1.19 bits per heavy atom. The van der Waals surface area contributed by atoms with Gasteiger partial charge in [0.1, 0.15) is 5.75 Å². The summed E-state index contributed by atoms with van der Waals surface area (Å²) < 4.78 is 16.9. The first-order valence-corrected chi connectivity index (χ1v) is 10.4. The first kappa shape index (κ1) is 19.7. The second-order valence-electron chi connectivity index (χ2n) is 8.02. The minimum Gasteiger partial charge on any atom is -0.454 e. The molecule has 0 saturated heterocycles. The van der Waals surface area contributed by atoms with E-state index in [9.17, 15) is 4.79 Å². The molecular formula is C24H21ClN2O4. The van der Waals surface area contributed by atoms with Crippen molar-refractivity contribution < 1.29 is 19.0 Å². The van der Waals surface area contributed by atoms with Crippen molar-refractivity contribution in [1.82, 2.24) is 4.98 Å². The Morgan fingerprint density at radius 2 is 2.00 bits per heavy atom. The third-order valence-corrected chi connectivity index (χ3v) is 6.62. The van der Waals surface area contributed by atoms with Crippen LogP contribution in [0, 0.1) is 13.8 Å². The van der Waals surface area contributed by atoms with E-state index in [2.05, 4.69) is 4.98 Å². The van der Waals surface area contributed by atoms with Gasteiger partial charge in [0.15, 0.2) is 11.5 Å². The van der Waals surface area contributed by atoms with E-state index in [1.54, 1.807) is 18.3 Å². The highest BCUT2D eigenvalue weighted by Crippen LogP contribution is 2.63. The van der Waals surface area contributed by atoms with E-state index in [1.807, 2.05) is 44.2 Å². The molecule has 2 atom stereocenters. The molecular weight excluding hydrogens is 416 g/mol. The number of ether oxygens (including phenoxy) is 3. The number of pyridine rings is 1. The highest BCUT2D eigenvalue weighted by Gasteiger charge is 2.61. The fraction of sp³-hybridized carbons (Fsp3) is 0.250. The van der Waals surface area contributed by atoms with E-state index >= 15 is 0 Å². The lowest BCUT2D eigenvalue weighted by Crippen LogP contribution is -2.18. The third-order valence-electron chi connectivity index (χ3n) is 6.29. The van der Waals surface area contributed by atoms with Crippen LogP contribution in [0.4, 0.5) is 5.69 Å². The van der Waals surface area contributed by atoms with Crippen molar-refractivity contribution in [1.29, 1.82) is 0 Å². The monoisotopic (exact) mass is 436 g/mol. The fourth-order valence-electron chi connectivity index (χ4n) is 4.23. The molecule has 158 valence electrons. The van der Waals surface area contributed by atoms with Crippen LogP contribution in [0.15, 0.2) is 48.7 Å². The summed E-state index contributed by atoms with van der Waals surface area (Å²) >= 11 is 6.12. The van der Waals surface area contributed by atoms with Crippen molar-refractivity contribution in [3.8, 4) is 23.1 Å². The summed E-state index contributed by atoms with van der Waals surface area (Å²) in [5.74, 6) is 2.25. The van der Waals surface area contributed by atoms with Gasteiger partial charge in [0.05, 0.1) is 17.3 Å². The predicted octanol–water partition coefficient (Wildman–Crippen LogP) is 4.99. The average molecular weight is 437 g/mol. The third kappa shape index (κ3) is 3.18. The molecule has 0 amide bonds. The first-order valence-electron chi connectivity index (χ1n) is 9.99. The van der Waals surface area contributed by atoms with Gasteiger partial charge in [0, 0.05) is 12.0 Å². The fourth-order valence-corrected chi connectivity index (χ4v) is 4.55. The number of aryl methyl sites for hydroxylation is 1. The zero-order chi connectivity index (χ0) is 21.8. The van der Waals surface area contributed by atoms with E-state index in [1.165, 1.54) is 0 Å². The topological polar surface area (TPSA) is 83.7 Å². The predicted molar refractivity (Wildman–Crippen MR) is 117 cm³/mol. The maximum Gasteiger partial charge on any atom is 0.232 e. The van der Waals surface area contributed by atoms with Gasteiger partial charge in [-0.25, -0.2) is 4.98 Å². The van der Waals surface area contributed by atoms with Gasteiger partial charge in [0.25, 0.3) is 0 Å². The van der Waals surface area contributed by atoms with Crippen molar-refractivity contribution in [3.63, 3.8) is 0 Å². The molecule has 2 aromatic carbocycles. The standard InChI is InChI=1S/C24H21ClN2O4/c1-13-4-3-5-19(14(13)2)31-22-9-16(18(26)11-27-22)17-10-24(17,23(25)28)15-6-7-20-21(8-15)30-12-29-20/h3-9,11,17H,10,12,26H2,1-2H3. The lowest BCUT2D eigenvalue weighted by molar-refractivity contribution is -0.114. The van der Waals surface area contributed by atoms with Gasteiger partial charge in [-0.05, 0) is 72.3 Å². The summed E-state index contributed by atoms with van der Waals surface area (Å²) in [5, 5.41) is -0.426. The van der Waals surface area contributed by atoms with Crippen LogP contribution in [0.5, 0.6) is 23.1 Å². The molecule has 1 aliphatic carbocycles. The van der Waals surface area contributed by atoms with Crippen molar-refractivity contribution in [2.24, 2.45) is 0 Å². The number of fused-ring (bicyclic) bond motifs is 1. The van der Waals surface area contributed by atoms with Crippen LogP contribution in [0.2, 0.25) is 0 Å². The van der Waals surface area contributed by atoms with Crippen molar-refractivity contribution in [3.05, 3.63) is 70.9 Å². The molecule has 31 heavy (non-hydrogen) atoms. The van der Waals surface area contributed by atoms with Crippen LogP contribution in [-0.4, -0.2) is 17.0 Å². The summed E-state index contributed by atoms with van der Waals surface area (Å²) in [4.78, 5) is 16.9. The lowest BCUT2D eigenvalue weighted by Gasteiger charge is -2.16. The second kappa shape index (κ2) is 7.17. The number of rotatable bonds is 5. The molecule has 1 aromatic heterocycles. The molecule has 0 radical (unpaired) electrons. The van der Waals surface area contributed by atoms with Crippen molar-refractivity contribution >= 4 is 22.5 Å². The number of hydrogen-bond acceptors (Lipinski definition) is 6. The molecule has 2 heterocycles. The zero-order valence-electron chi connectivity index (χ0n) is 17.1. The largest absolute Gasteiger partial charge is 0.454 e. The van der Waals surface area contributed by atoms with Crippen LogP contribution in [-0.2, 0) is 10.2 Å². The van der Waals surface area contributed by atoms with Gasteiger partial charge >= 0.3 is 0 Å². The van der Waals surface area contributed by atoms with Crippen LogP contribution in [0.1, 0.15) is 34.6 Å². The Bertz CT molecular complexity index is 1210. The van der Waals surface area contributed by atoms with Gasteiger partial charge in [-0.3, -0.25) is 4.79 Å². The van der Waals surface area contributed by atoms with Gasteiger partial charge < -0.3 is 19.9 Å². The van der Waals surface area contributed by atoms with Crippen molar-refractivity contribution in [2.75, 3.05) is 12.5 Å². The van der Waals surface area contributed by atoms with Crippen LogP contribution in [0.25, 0.3) is 0 Å². The molecule has 2 N–H and O–H groups in total. The Balaban J connectivity index is 1.49. The number of carbonyl (C=O) groups excluding carboxylic acids is 1. The second-order valence-corrected chi connectivity index (χ2v) is 8.36. The molecule has 7 heteroatoms. The SMILES string of the molecule is Cc1cccc(Oc2cc(C3CC3(C(=O)Cl)c3ccc4c(c3)OCO4)c(N)cn2)c1C. The number of nitrogens with zero attached hydrogens (tertiary/aromatic N) is 1. The van der Waals surface area contributed by atoms with Gasteiger partial charge in [0.2, 0.25) is 17.9 Å². The summed E-state index contributed by atoms with van der Waals surface area (Å²) in [7, 11) is 0. The number of nitrogen functional groups attached to an aromatic ring is 1. The highest BCUT2D eigenvalue weighted by molar-refractivity contribution is 6.66. The normalized spacial score (nSPS) is 21.1. The number of hydrogen-bond donors (Lipinski definition) is 1. The van der Waals surface area contributed by atoms with E-state index in [4.69, 9.17) is 31.5 Å². The molecule has 0 bridgehead atoms. The maximum absolute atomic E-state index is 12.6. The lowest BCUT2D eigenvalue weighted by atomic mass is 9.91. The van der Waals surface area contributed by atoms with E-state index in [0.717, 1.165) is 28.0 Å². The molecule has 1 saturated carbocycles. The highest BCUT2D eigenvalue weighted by atomic mass is 35.5.